The Hall–Kier alpha value is -3.88. The second-order valence-corrected chi connectivity index (χ2v) is 8.25. The lowest BCUT2D eigenvalue weighted by Gasteiger charge is -2.44. The lowest BCUT2D eigenvalue weighted by Crippen LogP contribution is -2.61. The predicted octanol–water partition coefficient (Wildman–Crippen LogP) is 2.32. The second-order valence-electron chi connectivity index (χ2n) is 8.25. The largest absolute Gasteiger partial charge is 0.492 e. The van der Waals surface area contributed by atoms with E-state index >= 15 is 0 Å². The summed E-state index contributed by atoms with van der Waals surface area (Å²) in [7, 11) is 0. The van der Waals surface area contributed by atoms with Gasteiger partial charge in [0.15, 0.2) is 6.17 Å². The highest BCUT2D eigenvalue weighted by atomic mass is 16.5. The molecule has 170 valence electrons. The number of fused-ring (bicyclic) bond motifs is 2. The lowest BCUT2D eigenvalue weighted by atomic mass is 10.0. The Bertz CT molecular complexity index is 1130. The van der Waals surface area contributed by atoms with Gasteiger partial charge in [0.1, 0.15) is 17.4 Å². The number of pyridine rings is 1. The monoisotopic (exact) mass is 448 g/mol. The van der Waals surface area contributed by atoms with Crippen molar-refractivity contribution in [3.63, 3.8) is 0 Å². The predicted molar refractivity (Wildman–Crippen MR) is 118 cm³/mol. The first-order chi connectivity index (χ1) is 16.0. The van der Waals surface area contributed by atoms with Crippen LogP contribution in [0.4, 0.5) is 4.79 Å². The molecule has 9 heteroatoms. The van der Waals surface area contributed by atoms with Crippen LogP contribution >= 0.6 is 0 Å². The molecule has 3 aliphatic rings. The Labute approximate surface area is 190 Å². The number of esters is 1. The average molecular weight is 448 g/mol. The van der Waals surface area contributed by atoms with E-state index in [1.165, 1.54) is 11.0 Å². The lowest BCUT2D eigenvalue weighted by molar-refractivity contribution is -0.135. The number of para-hydroxylation sites is 1. The van der Waals surface area contributed by atoms with Crippen molar-refractivity contribution in [1.82, 2.24) is 14.8 Å². The zero-order valence-corrected chi connectivity index (χ0v) is 18.0. The second kappa shape index (κ2) is 8.57. The Kier molecular flexibility index (Phi) is 5.45. The van der Waals surface area contributed by atoms with Gasteiger partial charge in [-0.2, -0.15) is 0 Å². The highest BCUT2D eigenvalue weighted by molar-refractivity contribution is 6.01. The standard InChI is InChI=1S/C24H24N4O5/c25-24(31)28-18(15-7-10-26-11-8-15)14-20(29)27-12-2-1-6-19(22(27)28)33-23(30)17-5-3-4-16-9-13-32-21(16)17/h3-5,7-8,10-11,14,19,22H,1-2,6,9,12-13H2,(H2,25,31). The van der Waals surface area contributed by atoms with Crippen molar-refractivity contribution in [3.8, 4) is 5.75 Å². The fraction of sp³-hybridized carbons (Fsp3) is 0.333. The summed E-state index contributed by atoms with van der Waals surface area (Å²) in [5, 5.41) is 0. The van der Waals surface area contributed by atoms with Gasteiger partial charge < -0.3 is 20.1 Å². The third kappa shape index (κ3) is 3.79. The number of rotatable bonds is 3. The SMILES string of the molecule is NC(=O)N1C(c2ccncc2)=CC(=O)N2CCCCC(OC(=O)c3cccc4c3OCC4)C21. The first-order valence-corrected chi connectivity index (χ1v) is 11.0. The molecular weight excluding hydrogens is 424 g/mol. The zero-order valence-electron chi connectivity index (χ0n) is 18.0. The molecule has 0 aliphatic carbocycles. The van der Waals surface area contributed by atoms with Gasteiger partial charge in [-0.25, -0.2) is 9.59 Å². The molecule has 1 aromatic heterocycles. The van der Waals surface area contributed by atoms with Crippen LogP contribution in [-0.4, -0.2) is 58.1 Å². The molecule has 4 heterocycles. The number of carbonyl (C=O) groups excluding carboxylic acids is 3. The van der Waals surface area contributed by atoms with Crippen molar-refractivity contribution < 1.29 is 23.9 Å². The molecule has 9 nitrogen and oxygen atoms in total. The van der Waals surface area contributed by atoms with E-state index in [1.54, 1.807) is 41.6 Å². The Morgan fingerprint density at radius 3 is 2.76 bits per heavy atom. The van der Waals surface area contributed by atoms with Crippen LogP contribution in [-0.2, 0) is 16.0 Å². The molecule has 2 aromatic rings. The molecule has 5 rings (SSSR count). The third-order valence-electron chi connectivity index (χ3n) is 6.26. The van der Waals surface area contributed by atoms with Gasteiger partial charge in [-0.1, -0.05) is 12.1 Å². The highest BCUT2D eigenvalue weighted by Gasteiger charge is 2.45. The van der Waals surface area contributed by atoms with E-state index in [2.05, 4.69) is 4.98 Å². The first-order valence-electron chi connectivity index (χ1n) is 11.0. The normalized spacial score (nSPS) is 21.9. The topological polar surface area (TPSA) is 115 Å². The molecule has 0 radical (unpaired) electrons. The maximum Gasteiger partial charge on any atom is 0.342 e. The number of nitrogens with zero attached hydrogens (tertiary/aromatic N) is 3. The van der Waals surface area contributed by atoms with E-state index < -0.39 is 24.3 Å². The number of aromatic nitrogens is 1. The van der Waals surface area contributed by atoms with E-state index in [-0.39, 0.29) is 5.91 Å². The van der Waals surface area contributed by atoms with Crippen LogP contribution < -0.4 is 10.5 Å². The van der Waals surface area contributed by atoms with E-state index in [1.807, 2.05) is 6.07 Å². The van der Waals surface area contributed by atoms with E-state index in [4.69, 9.17) is 15.2 Å². The molecule has 2 atom stereocenters. The van der Waals surface area contributed by atoms with Gasteiger partial charge in [-0.05, 0) is 43.0 Å². The van der Waals surface area contributed by atoms with Crippen LogP contribution in [0, 0.1) is 0 Å². The number of urea groups is 1. The Morgan fingerprint density at radius 1 is 1.15 bits per heavy atom. The number of nitrogens with two attached hydrogens (primary N) is 1. The molecule has 33 heavy (non-hydrogen) atoms. The molecule has 0 bridgehead atoms. The summed E-state index contributed by atoms with van der Waals surface area (Å²) in [6, 6.07) is 8.06. The smallest absolute Gasteiger partial charge is 0.342 e. The summed E-state index contributed by atoms with van der Waals surface area (Å²) in [5.74, 6) is -0.259. The number of amides is 3. The molecule has 1 saturated heterocycles. The molecule has 3 aliphatic heterocycles. The maximum absolute atomic E-state index is 13.2. The summed E-state index contributed by atoms with van der Waals surface area (Å²) >= 11 is 0. The van der Waals surface area contributed by atoms with Crippen molar-refractivity contribution in [2.45, 2.75) is 38.0 Å². The number of hydrogen-bond donors (Lipinski definition) is 1. The van der Waals surface area contributed by atoms with Crippen molar-refractivity contribution in [1.29, 1.82) is 0 Å². The third-order valence-corrected chi connectivity index (χ3v) is 6.26. The van der Waals surface area contributed by atoms with Gasteiger partial charge in [0.25, 0.3) is 0 Å². The minimum Gasteiger partial charge on any atom is -0.492 e. The van der Waals surface area contributed by atoms with Gasteiger partial charge in [0, 0.05) is 37.0 Å². The van der Waals surface area contributed by atoms with E-state index in [0.717, 1.165) is 24.8 Å². The summed E-state index contributed by atoms with van der Waals surface area (Å²) in [6.07, 6.45) is 5.65. The first kappa shape index (κ1) is 21.0. The molecule has 1 fully saturated rings. The summed E-state index contributed by atoms with van der Waals surface area (Å²) < 4.78 is 11.6. The van der Waals surface area contributed by atoms with Crippen LogP contribution in [0.1, 0.15) is 40.7 Å². The Morgan fingerprint density at radius 2 is 1.97 bits per heavy atom. The summed E-state index contributed by atoms with van der Waals surface area (Å²) in [6.45, 7) is 0.953. The van der Waals surface area contributed by atoms with Gasteiger partial charge in [-0.3, -0.25) is 14.7 Å². The van der Waals surface area contributed by atoms with Crippen LogP contribution in [0.3, 0.4) is 0 Å². The summed E-state index contributed by atoms with van der Waals surface area (Å²) in [4.78, 5) is 45.9. The fourth-order valence-electron chi connectivity index (χ4n) is 4.76. The van der Waals surface area contributed by atoms with Crippen molar-refractivity contribution in [2.24, 2.45) is 5.73 Å². The number of primary amides is 1. The minimum absolute atomic E-state index is 0.254. The maximum atomic E-state index is 13.2. The quantitative estimate of drug-likeness (QED) is 0.721. The Balaban J connectivity index is 1.51. The van der Waals surface area contributed by atoms with Gasteiger partial charge in [0.2, 0.25) is 5.91 Å². The number of benzene rings is 1. The zero-order chi connectivity index (χ0) is 22.9. The number of carbonyl (C=O) groups is 3. The average Bonchev–Trinajstić information content (AvgIpc) is 3.21. The molecule has 2 N–H and O–H groups in total. The van der Waals surface area contributed by atoms with Crippen LogP contribution in [0.2, 0.25) is 0 Å². The van der Waals surface area contributed by atoms with Crippen molar-refractivity contribution in [3.05, 3.63) is 65.5 Å². The molecule has 2 unspecified atom stereocenters. The molecule has 0 spiro atoms. The van der Waals surface area contributed by atoms with Crippen LogP contribution in [0.5, 0.6) is 5.75 Å². The van der Waals surface area contributed by atoms with Crippen molar-refractivity contribution in [2.75, 3.05) is 13.2 Å². The number of hydrogen-bond acceptors (Lipinski definition) is 6. The van der Waals surface area contributed by atoms with Gasteiger partial charge in [-0.15, -0.1) is 0 Å². The van der Waals surface area contributed by atoms with Gasteiger partial charge in [0.05, 0.1) is 12.3 Å². The minimum atomic E-state index is -0.840. The summed E-state index contributed by atoms with van der Waals surface area (Å²) in [5.41, 5.74) is 8.10. The molecule has 3 amide bonds. The molecule has 1 aromatic carbocycles. The highest BCUT2D eigenvalue weighted by Crippen LogP contribution is 2.35. The molecule has 0 saturated carbocycles. The van der Waals surface area contributed by atoms with Crippen LogP contribution in [0.25, 0.3) is 5.70 Å². The van der Waals surface area contributed by atoms with E-state index in [9.17, 15) is 14.4 Å². The van der Waals surface area contributed by atoms with Crippen LogP contribution in [0.15, 0.2) is 48.8 Å². The fourth-order valence-corrected chi connectivity index (χ4v) is 4.76. The van der Waals surface area contributed by atoms with Crippen molar-refractivity contribution >= 4 is 23.6 Å². The van der Waals surface area contributed by atoms with Gasteiger partial charge >= 0.3 is 12.0 Å². The number of ether oxygens (including phenoxy) is 2. The van der Waals surface area contributed by atoms with E-state index in [0.29, 0.717) is 42.1 Å². The molecular formula is C24H24N4O5.